The van der Waals surface area contributed by atoms with Crippen LogP contribution in [0.5, 0.6) is 5.75 Å². The fourth-order valence-corrected chi connectivity index (χ4v) is 7.44. The predicted molar refractivity (Wildman–Crippen MR) is 125 cm³/mol. The number of sulfone groups is 1. The fraction of sp³-hybridized carbons (Fsp3) is 0.318. The van der Waals surface area contributed by atoms with Gasteiger partial charge in [0.15, 0.2) is 26.6 Å². The lowest BCUT2D eigenvalue weighted by Crippen LogP contribution is -2.39. The highest BCUT2D eigenvalue weighted by molar-refractivity contribution is 8.24. The Kier molecular flexibility index (Phi) is 5.81. The van der Waals surface area contributed by atoms with Crippen LogP contribution in [-0.2, 0) is 15.4 Å². The first kappa shape index (κ1) is 24.0. The monoisotopic (exact) mass is 506 g/mol. The van der Waals surface area contributed by atoms with Crippen molar-refractivity contribution in [3.63, 3.8) is 0 Å². The Bertz CT molecular complexity index is 1360. The van der Waals surface area contributed by atoms with Gasteiger partial charge in [-0.25, -0.2) is 22.2 Å². The first-order valence-electron chi connectivity index (χ1n) is 9.98. The lowest BCUT2D eigenvalue weighted by atomic mass is 9.86. The van der Waals surface area contributed by atoms with Gasteiger partial charge < -0.3 is 15.8 Å². The van der Waals surface area contributed by atoms with E-state index in [1.165, 1.54) is 31.3 Å². The minimum Gasteiger partial charge on any atom is -0.479 e. The number of pyridine rings is 1. The van der Waals surface area contributed by atoms with Gasteiger partial charge in [0.1, 0.15) is 22.1 Å². The van der Waals surface area contributed by atoms with E-state index in [4.69, 9.17) is 16.9 Å². The molecule has 2 aromatic rings. The molecular weight excluding hydrogens is 486 g/mol. The van der Waals surface area contributed by atoms with Gasteiger partial charge in [0.05, 0.1) is 11.7 Å². The molecule has 3 atom stereocenters. The third-order valence-electron chi connectivity index (χ3n) is 5.91. The number of terminal acetylenes is 1. The Morgan fingerprint density at radius 3 is 2.76 bits per heavy atom. The number of nitrogens with zero attached hydrogens (tertiary/aromatic N) is 2. The molecule has 1 aliphatic heterocycles. The number of nitrogens with two attached hydrogens (primary N) is 1. The molecule has 0 saturated heterocycles. The highest BCUT2D eigenvalue weighted by Crippen LogP contribution is 2.68. The Hall–Kier alpha value is -3.17. The van der Waals surface area contributed by atoms with Crippen molar-refractivity contribution in [2.24, 2.45) is 16.6 Å². The number of aromatic nitrogens is 1. The number of amides is 1. The summed E-state index contributed by atoms with van der Waals surface area (Å²) in [4.78, 5) is 20.9. The average molecular weight is 507 g/mol. The molecule has 1 aromatic heterocycles. The quantitative estimate of drug-likeness (QED) is 0.578. The van der Waals surface area contributed by atoms with E-state index >= 15 is 0 Å². The molecule has 4 rings (SSSR count). The second-order valence-corrected chi connectivity index (χ2v) is 12.1. The van der Waals surface area contributed by atoms with Crippen LogP contribution in [0.15, 0.2) is 35.5 Å². The van der Waals surface area contributed by atoms with Gasteiger partial charge >= 0.3 is 0 Å². The highest BCUT2D eigenvalue weighted by atomic mass is 32.3. The zero-order valence-corrected chi connectivity index (χ0v) is 19.8. The molecule has 1 saturated carbocycles. The summed E-state index contributed by atoms with van der Waals surface area (Å²) in [6.07, 6.45) is 7.70. The van der Waals surface area contributed by atoms with Crippen molar-refractivity contribution >= 4 is 38.4 Å². The Morgan fingerprint density at radius 2 is 2.15 bits per heavy atom. The van der Waals surface area contributed by atoms with E-state index in [9.17, 15) is 22.0 Å². The maximum absolute atomic E-state index is 15.0. The molecule has 8 nitrogen and oxygen atoms in total. The molecule has 0 spiro atoms. The maximum Gasteiger partial charge on any atom is 0.274 e. The molecule has 0 bridgehead atoms. The van der Waals surface area contributed by atoms with Crippen LogP contribution in [0.1, 0.15) is 29.4 Å². The van der Waals surface area contributed by atoms with Crippen LogP contribution in [0.25, 0.3) is 0 Å². The number of aliphatic imine (C=N–C) groups is 1. The summed E-state index contributed by atoms with van der Waals surface area (Å²) in [5.41, 5.74) is 4.21. The number of benzene rings is 1. The number of anilines is 1. The Morgan fingerprint density at radius 1 is 1.41 bits per heavy atom. The normalized spacial score (nSPS) is 25.5. The number of carbonyl (C=O) groups excluding carboxylic acids is 1. The summed E-state index contributed by atoms with van der Waals surface area (Å²) in [7, 11) is -3.57. The number of carbonyl (C=O) groups is 1. The van der Waals surface area contributed by atoms with Crippen molar-refractivity contribution in [1.29, 1.82) is 0 Å². The molecule has 12 heteroatoms. The van der Waals surface area contributed by atoms with Gasteiger partial charge in [-0.2, -0.15) is 0 Å². The minimum absolute atomic E-state index is 0.000158. The third kappa shape index (κ3) is 3.99. The van der Waals surface area contributed by atoms with Crippen molar-refractivity contribution in [3.05, 3.63) is 53.4 Å². The summed E-state index contributed by atoms with van der Waals surface area (Å²) < 4.78 is 58.4. The van der Waals surface area contributed by atoms with Crippen LogP contribution < -0.4 is 15.8 Å². The van der Waals surface area contributed by atoms with Crippen molar-refractivity contribution in [1.82, 2.24) is 4.98 Å². The molecule has 34 heavy (non-hydrogen) atoms. The lowest BCUT2D eigenvalue weighted by molar-refractivity contribution is 0.102. The second-order valence-electron chi connectivity index (χ2n) is 8.19. The summed E-state index contributed by atoms with van der Waals surface area (Å²) in [6.45, 7) is 1.55. The van der Waals surface area contributed by atoms with Gasteiger partial charge in [0.25, 0.3) is 5.91 Å². The zero-order chi connectivity index (χ0) is 24.9. The molecule has 2 aliphatic rings. The van der Waals surface area contributed by atoms with E-state index in [2.05, 4.69) is 21.2 Å². The molecule has 0 unspecified atom stereocenters. The molecule has 3 N–H and O–H groups in total. The number of hydrogen-bond acceptors (Lipinski definition) is 8. The Labute approximate surface area is 199 Å². The van der Waals surface area contributed by atoms with Crippen LogP contribution >= 0.6 is 11.8 Å². The number of thioether (sulfide) groups is 1. The van der Waals surface area contributed by atoms with Gasteiger partial charge in [-0.1, -0.05) is 17.7 Å². The van der Waals surface area contributed by atoms with Crippen LogP contribution in [0, 0.1) is 29.9 Å². The van der Waals surface area contributed by atoms with Gasteiger partial charge in [-0.3, -0.25) is 9.79 Å². The molecule has 178 valence electrons. The van der Waals surface area contributed by atoms with Crippen molar-refractivity contribution < 1.29 is 26.7 Å². The summed E-state index contributed by atoms with van der Waals surface area (Å²) in [6, 6.07) is 4.94. The molecule has 2 heterocycles. The first-order chi connectivity index (χ1) is 15.9. The second kappa shape index (κ2) is 8.25. The number of rotatable bonds is 6. The fourth-order valence-electron chi connectivity index (χ4n) is 4.16. The number of nitrogens with one attached hydrogen (secondary N) is 1. The maximum atomic E-state index is 15.0. The SMILES string of the molecule is C#CCOc1ccc(C(=O)Nc2cc(F)c(F)c([C@@]3(C)N=C(N)S[C@@]4(S(C)(=O)=O)C[C@H]43)c2)nc1. The largest absolute Gasteiger partial charge is 0.479 e. The number of amidine groups is 1. The molecule has 0 radical (unpaired) electrons. The molecule has 1 amide bonds. The van der Waals surface area contributed by atoms with E-state index in [-0.39, 0.29) is 35.1 Å². The van der Waals surface area contributed by atoms with Crippen LogP contribution in [0.3, 0.4) is 0 Å². The van der Waals surface area contributed by atoms with E-state index < -0.39 is 42.9 Å². The lowest BCUT2D eigenvalue weighted by Gasteiger charge is -2.33. The van der Waals surface area contributed by atoms with Crippen molar-refractivity contribution in [3.8, 4) is 18.1 Å². The minimum atomic E-state index is -3.57. The molecule has 1 aromatic carbocycles. The van der Waals surface area contributed by atoms with Crippen molar-refractivity contribution in [2.75, 3.05) is 18.2 Å². The standard InChI is InChI=1S/C22H20F2N4O4S2/c1-4-7-32-13-5-6-16(26-11-13)19(29)27-12-8-14(18(24)15(23)9-12)21(2)17-10-22(17,34(3,30)31)33-20(25)28-21/h1,5-6,8-9,11,17H,7,10H2,2-3H3,(H2,25,28)(H,27,29)/t17-,21+,22+/m0/s1. The van der Waals surface area contributed by atoms with Crippen LogP contribution in [0.4, 0.5) is 14.5 Å². The number of ether oxygens (including phenoxy) is 1. The molecule has 1 fully saturated rings. The van der Waals surface area contributed by atoms with Crippen LogP contribution in [-0.4, -0.2) is 41.4 Å². The summed E-state index contributed by atoms with van der Waals surface area (Å²) >= 11 is 0.919. The average Bonchev–Trinajstić information content (AvgIpc) is 3.52. The summed E-state index contributed by atoms with van der Waals surface area (Å²) in [5, 5.41) is 2.45. The van der Waals surface area contributed by atoms with Crippen molar-refractivity contribution in [2.45, 2.75) is 23.0 Å². The molecular formula is C22H20F2N4O4S2. The van der Waals surface area contributed by atoms with Gasteiger partial charge in [-0.15, -0.1) is 6.42 Å². The number of hydrogen-bond donors (Lipinski definition) is 2. The number of halogens is 2. The van der Waals surface area contributed by atoms with E-state index in [1.54, 1.807) is 0 Å². The Balaban J connectivity index is 1.65. The topological polar surface area (TPSA) is 124 Å². The highest BCUT2D eigenvalue weighted by Gasteiger charge is 2.72. The van der Waals surface area contributed by atoms with Gasteiger partial charge in [0, 0.05) is 29.5 Å². The smallest absolute Gasteiger partial charge is 0.274 e. The van der Waals surface area contributed by atoms with Gasteiger partial charge in [-0.05, 0) is 31.5 Å². The van der Waals surface area contributed by atoms with Crippen LogP contribution in [0.2, 0.25) is 0 Å². The van der Waals surface area contributed by atoms with Gasteiger partial charge in [0.2, 0.25) is 0 Å². The van der Waals surface area contributed by atoms with E-state index in [1.807, 2.05) is 0 Å². The predicted octanol–water partition coefficient (Wildman–Crippen LogP) is 2.66. The molecule has 1 aliphatic carbocycles. The third-order valence-corrected chi connectivity index (χ3v) is 9.87. The van der Waals surface area contributed by atoms with E-state index in [0.717, 1.165) is 24.1 Å². The van der Waals surface area contributed by atoms with E-state index in [0.29, 0.717) is 5.75 Å². The first-order valence-corrected chi connectivity index (χ1v) is 12.7. The number of fused-ring (bicyclic) bond motifs is 1. The summed E-state index contributed by atoms with van der Waals surface area (Å²) in [5.74, 6) is -1.04. The zero-order valence-electron chi connectivity index (χ0n) is 18.1.